The SMILES string of the molecule is CNc1nc(N(C)C)nc(N2CCCC2)n1. The molecule has 1 aliphatic heterocycles. The number of rotatable bonds is 3. The minimum absolute atomic E-state index is 0.626. The second-order valence-electron chi connectivity index (χ2n) is 4.10. The number of hydrogen-bond acceptors (Lipinski definition) is 6. The van der Waals surface area contributed by atoms with Gasteiger partial charge in [0.2, 0.25) is 17.8 Å². The minimum atomic E-state index is 0.626. The number of anilines is 3. The molecule has 0 radical (unpaired) electrons. The maximum absolute atomic E-state index is 4.45. The van der Waals surface area contributed by atoms with Gasteiger partial charge in [0, 0.05) is 34.2 Å². The van der Waals surface area contributed by atoms with E-state index in [1.54, 1.807) is 0 Å². The highest BCUT2D eigenvalue weighted by atomic mass is 15.4. The molecule has 6 heteroatoms. The average molecular weight is 222 g/mol. The summed E-state index contributed by atoms with van der Waals surface area (Å²) in [5.41, 5.74) is 0. The molecular formula is C10H18N6. The van der Waals surface area contributed by atoms with Gasteiger partial charge in [0.05, 0.1) is 0 Å². The van der Waals surface area contributed by atoms with Crippen LogP contribution in [-0.4, -0.2) is 49.2 Å². The van der Waals surface area contributed by atoms with Crippen LogP contribution < -0.4 is 15.1 Å². The smallest absolute Gasteiger partial charge is 0.231 e. The lowest BCUT2D eigenvalue weighted by atomic mass is 10.4. The Morgan fingerprint density at radius 1 is 1.12 bits per heavy atom. The first-order chi connectivity index (χ1) is 7.70. The van der Waals surface area contributed by atoms with Gasteiger partial charge < -0.3 is 15.1 Å². The van der Waals surface area contributed by atoms with Gasteiger partial charge in [-0.3, -0.25) is 0 Å². The average Bonchev–Trinajstić information content (AvgIpc) is 2.81. The Morgan fingerprint density at radius 3 is 2.38 bits per heavy atom. The first kappa shape index (κ1) is 10.9. The Balaban J connectivity index is 2.32. The van der Waals surface area contributed by atoms with Crippen LogP contribution in [-0.2, 0) is 0 Å². The second-order valence-corrected chi connectivity index (χ2v) is 4.10. The Hall–Kier alpha value is -1.59. The van der Waals surface area contributed by atoms with Crippen molar-refractivity contribution in [3.05, 3.63) is 0 Å². The summed E-state index contributed by atoms with van der Waals surface area (Å²) in [6.07, 6.45) is 2.44. The third-order valence-electron chi connectivity index (χ3n) is 2.62. The molecule has 0 aliphatic carbocycles. The van der Waals surface area contributed by atoms with Crippen molar-refractivity contribution >= 4 is 17.8 Å². The second kappa shape index (κ2) is 4.51. The highest BCUT2D eigenvalue weighted by molar-refractivity contribution is 5.44. The number of aromatic nitrogens is 3. The van der Waals surface area contributed by atoms with Gasteiger partial charge in [0.25, 0.3) is 0 Å². The van der Waals surface area contributed by atoms with E-state index in [1.165, 1.54) is 12.8 Å². The van der Waals surface area contributed by atoms with Gasteiger partial charge in [-0.05, 0) is 12.8 Å². The normalized spacial score (nSPS) is 15.3. The molecule has 2 rings (SSSR count). The van der Waals surface area contributed by atoms with E-state index in [0.29, 0.717) is 11.9 Å². The molecule has 0 spiro atoms. The van der Waals surface area contributed by atoms with Gasteiger partial charge in [-0.2, -0.15) is 15.0 Å². The topological polar surface area (TPSA) is 57.2 Å². The van der Waals surface area contributed by atoms with Crippen LogP contribution in [0, 0.1) is 0 Å². The third-order valence-corrected chi connectivity index (χ3v) is 2.62. The molecule has 2 heterocycles. The summed E-state index contributed by atoms with van der Waals surface area (Å²) in [7, 11) is 5.69. The summed E-state index contributed by atoms with van der Waals surface area (Å²) in [5.74, 6) is 2.10. The Labute approximate surface area is 95.7 Å². The van der Waals surface area contributed by atoms with Crippen LogP contribution in [0.25, 0.3) is 0 Å². The summed E-state index contributed by atoms with van der Waals surface area (Å²) in [6, 6.07) is 0. The van der Waals surface area contributed by atoms with Crippen LogP contribution in [0.1, 0.15) is 12.8 Å². The fraction of sp³-hybridized carbons (Fsp3) is 0.700. The minimum Gasteiger partial charge on any atom is -0.357 e. The number of nitrogens with zero attached hydrogens (tertiary/aromatic N) is 5. The molecular weight excluding hydrogens is 204 g/mol. The molecule has 1 N–H and O–H groups in total. The molecule has 0 unspecified atom stereocenters. The molecule has 0 atom stereocenters. The standard InChI is InChI=1S/C10H18N6/c1-11-8-12-9(15(2)3)14-10(13-8)16-6-4-5-7-16/h4-7H2,1-3H3,(H,11,12,13,14). The molecule has 1 saturated heterocycles. The van der Waals surface area contributed by atoms with E-state index in [0.717, 1.165) is 19.0 Å². The molecule has 0 aromatic carbocycles. The van der Waals surface area contributed by atoms with E-state index >= 15 is 0 Å². The van der Waals surface area contributed by atoms with Crippen molar-refractivity contribution in [2.24, 2.45) is 0 Å². The van der Waals surface area contributed by atoms with Crippen molar-refractivity contribution in [3.8, 4) is 0 Å². The van der Waals surface area contributed by atoms with Crippen LogP contribution in [0.3, 0.4) is 0 Å². The molecule has 0 bridgehead atoms. The first-order valence-electron chi connectivity index (χ1n) is 5.57. The van der Waals surface area contributed by atoms with E-state index in [4.69, 9.17) is 0 Å². The van der Waals surface area contributed by atoms with E-state index in [-0.39, 0.29) is 0 Å². The van der Waals surface area contributed by atoms with Crippen LogP contribution in [0.5, 0.6) is 0 Å². The maximum atomic E-state index is 4.45. The lowest BCUT2D eigenvalue weighted by Crippen LogP contribution is -2.23. The molecule has 1 aliphatic rings. The predicted molar refractivity (Wildman–Crippen MR) is 65.1 cm³/mol. The third kappa shape index (κ3) is 2.15. The van der Waals surface area contributed by atoms with Gasteiger partial charge in [0.1, 0.15) is 0 Å². The number of hydrogen-bond donors (Lipinski definition) is 1. The van der Waals surface area contributed by atoms with Crippen LogP contribution in [0.15, 0.2) is 0 Å². The molecule has 16 heavy (non-hydrogen) atoms. The van der Waals surface area contributed by atoms with Crippen molar-refractivity contribution in [1.82, 2.24) is 15.0 Å². The molecule has 1 aromatic rings. The quantitative estimate of drug-likeness (QED) is 0.807. The largest absolute Gasteiger partial charge is 0.357 e. The monoisotopic (exact) mass is 222 g/mol. The van der Waals surface area contributed by atoms with Crippen LogP contribution in [0.2, 0.25) is 0 Å². The van der Waals surface area contributed by atoms with E-state index in [9.17, 15) is 0 Å². The number of nitrogens with one attached hydrogen (secondary N) is 1. The zero-order valence-corrected chi connectivity index (χ0v) is 10.1. The van der Waals surface area contributed by atoms with Crippen molar-refractivity contribution in [3.63, 3.8) is 0 Å². The van der Waals surface area contributed by atoms with Crippen molar-refractivity contribution in [2.45, 2.75) is 12.8 Å². The van der Waals surface area contributed by atoms with Crippen molar-refractivity contribution in [2.75, 3.05) is 49.3 Å². The maximum Gasteiger partial charge on any atom is 0.231 e. The molecule has 0 amide bonds. The van der Waals surface area contributed by atoms with Crippen molar-refractivity contribution in [1.29, 1.82) is 0 Å². The first-order valence-corrected chi connectivity index (χ1v) is 5.57. The molecule has 0 saturated carbocycles. The fourth-order valence-corrected chi connectivity index (χ4v) is 1.72. The molecule has 1 aromatic heterocycles. The van der Waals surface area contributed by atoms with Gasteiger partial charge in [-0.15, -0.1) is 0 Å². The highest BCUT2D eigenvalue weighted by Gasteiger charge is 2.17. The zero-order valence-electron chi connectivity index (χ0n) is 10.1. The van der Waals surface area contributed by atoms with Crippen molar-refractivity contribution < 1.29 is 0 Å². The van der Waals surface area contributed by atoms with Gasteiger partial charge in [-0.1, -0.05) is 0 Å². The summed E-state index contributed by atoms with van der Waals surface area (Å²) in [5, 5.41) is 2.97. The lowest BCUT2D eigenvalue weighted by molar-refractivity contribution is 0.866. The Bertz CT molecular complexity index is 358. The van der Waals surface area contributed by atoms with E-state index in [1.807, 2.05) is 26.0 Å². The van der Waals surface area contributed by atoms with Gasteiger partial charge >= 0.3 is 0 Å². The van der Waals surface area contributed by atoms with Crippen LogP contribution >= 0.6 is 0 Å². The molecule has 1 fully saturated rings. The van der Waals surface area contributed by atoms with E-state index in [2.05, 4.69) is 25.2 Å². The molecule has 6 nitrogen and oxygen atoms in total. The van der Waals surface area contributed by atoms with Gasteiger partial charge in [0.15, 0.2) is 0 Å². The summed E-state index contributed by atoms with van der Waals surface area (Å²) in [6.45, 7) is 2.08. The lowest BCUT2D eigenvalue weighted by Gasteiger charge is -2.18. The fourth-order valence-electron chi connectivity index (χ4n) is 1.72. The Morgan fingerprint density at radius 2 is 1.81 bits per heavy atom. The highest BCUT2D eigenvalue weighted by Crippen LogP contribution is 2.19. The Kier molecular flexibility index (Phi) is 3.07. The summed E-state index contributed by atoms with van der Waals surface area (Å²) >= 11 is 0. The summed E-state index contributed by atoms with van der Waals surface area (Å²) in [4.78, 5) is 17.2. The summed E-state index contributed by atoms with van der Waals surface area (Å²) < 4.78 is 0. The predicted octanol–water partition coefficient (Wildman–Crippen LogP) is 0.579. The molecule has 88 valence electrons. The zero-order chi connectivity index (χ0) is 11.5. The van der Waals surface area contributed by atoms with E-state index < -0.39 is 0 Å². The van der Waals surface area contributed by atoms with Gasteiger partial charge in [-0.25, -0.2) is 0 Å². The van der Waals surface area contributed by atoms with Crippen LogP contribution in [0.4, 0.5) is 17.8 Å².